The Morgan fingerprint density at radius 2 is 1.89 bits per heavy atom. The third kappa shape index (κ3) is 2.81. The number of carbonyl (C=O) groups is 1. The number of pyridine rings is 1. The number of hydrogen-bond donors (Lipinski definition) is 1. The highest BCUT2D eigenvalue weighted by Crippen LogP contribution is 2.23. The number of anilines is 1. The fraction of sp³-hybridized carbons (Fsp3) is 0.0769. The average Bonchev–Trinajstić information content (AvgIpc) is 2.35. The van der Waals surface area contributed by atoms with Gasteiger partial charge >= 0.3 is 0 Å². The van der Waals surface area contributed by atoms with Gasteiger partial charge in [0.25, 0.3) is 5.91 Å². The Labute approximate surface area is 115 Å². The number of hydrogen-bond acceptors (Lipinski definition) is 2. The highest BCUT2D eigenvalue weighted by atomic mass is 35.5. The summed E-state index contributed by atoms with van der Waals surface area (Å²) in [6.07, 6.45) is 0. The van der Waals surface area contributed by atoms with Crippen LogP contribution < -0.4 is 5.32 Å². The maximum absolute atomic E-state index is 12.0. The highest BCUT2D eigenvalue weighted by Gasteiger charge is 2.10. The Morgan fingerprint density at radius 3 is 2.61 bits per heavy atom. The average molecular weight is 281 g/mol. The molecule has 1 aromatic carbocycles. The van der Waals surface area contributed by atoms with E-state index < -0.39 is 0 Å². The third-order valence-electron chi connectivity index (χ3n) is 2.46. The molecular weight excluding hydrogens is 271 g/mol. The lowest BCUT2D eigenvalue weighted by Crippen LogP contribution is -2.14. The molecule has 0 atom stereocenters. The van der Waals surface area contributed by atoms with E-state index in [1.165, 1.54) is 0 Å². The van der Waals surface area contributed by atoms with Crippen LogP contribution in [0.2, 0.25) is 10.2 Å². The van der Waals surface area contributed by atoms with Crippen molar-refractivity contribution in [1.29, 1.82) is 0 Å². The number of carbonyl (C=O) groups excluding carboxylic acids is 1. The van der Waals surface area contributed by atoms with Gasteiger partial charge in [-0.25, -0.2) is 4.98 Å². The summed E-state index contributed by atoms with van der Waals surface area (Å²) in [5.74, 6) is -0.317. The molecule has 5 heteroatoms. The molecule has 0 bridgehead atoms. The Morgan fingerprint density at radius 1 is 1.17 bits per heavy atom. The number of nitrogens with one attached hydrogen (secondary N) is 1. The number of halogens is 2. The van der Waals surface area contributed by atoms with Crippen LogP contribution >= 0.6 is 23.2 Å². The quantitative estimate of drug-likeness (QED) is 0.847. The first-order valence-electron chi connectivity index (χ1n) is 5.27. The number of benzene rings is 1. The van der Waals surface area contributed by atoms with Crippen LogP contribution in [0.15, 0.2) is 36.4 Å². The van der Waals surface area contributed by atoms with E-state index in [0.717, 1.165) is 5.56 Å². The molecule has 0 fully saturated rings. The molecular formula is C13H10Cl2N2O. The van der Waals surface area contributed by atoms with Gasteiger partial charge in [-0.05, 0) is 36.8 Å². The number of rotatable bonds is 2. The minimum Gasteiger partial charge on any atom is -0.320 e. The van der Waals surface area contributed by atoms with E-state index in [0.29, 0.717) is 10.7 Å². The predicted molar refractivity (Wildman–Crippen MR) is 73.4 cm³/mol. The molecule has 1 heterocycles. The Balaban J connectivity index is 2.24. The van der Waals surface area contributed by atoms with E-state index in [4.69, 9.17) is 23.2 Å². The van der Waals surface area contributed by atoms with Gasteiger partial charge in [0.1, 0.15) is 10.8 Å². The van der Waals surface area contributed by atoms with Gasteiger partial charge in [0, 0.05) is 10.7 Å². The van der Waals surface area contributed by atoms with Crippen molar-refractivity contribution in [2.75, 3.05) is 5.32 Å². The zero-order valence-corrected chi connectivity index (χ0v) is 11.1. The Hall–Kier alpha value is -1.58. The summed E-state index contributed by atoms with van der Waals surface area (Å²) in [4.78, 5) is 15.9. The van der Waals surface area contributed by atoms with E-state index >= 15 is 0 Å². The zero-order valence-electron chi connectivity index (χ0n) is 9.58. The van der Waals surface area contributed by atoms with Gasteiger partial charge in [0.15, 0.2) is 0 Å². The van der Waals surface area contributed by atoms with Crippen LogP contribution in [0.25, 0.3) is 0 Å². The van der Waals surface area contributed by atoms with Crippen LogP contribution in [0.1, 0.15) is 16.1 Å². The lowest BCUT2D eigenvalue weighted by atomic mass is 10.2. The van der Waals surface area contributed by atoms with E-state index in [1.54, 1.807) is 36.4 Å². The van der Waals surface area contributed by atoms with Crippen LogP contribution in [0.5, 0.6) is 0 Å². The molecule has 0 unspecified atom stereocenters. The summed E-state index contributed by atoms with van der Waals surface area (Å²) in [6.45, 7) is 1.84. The van der Waals surface area contributed by atoms with E-state index in [1.807, 2.05) is 6.92 Å². The van der Waals surface area contributed by atoms with Crippen molar-refractivity contribution in [1.82, 2.24) is 4.98 Å². The molecule has 0 aliphatic rings. The van der Waals surface area contributed by atoms with E-state index in [2.05, 4.69) is 10.3 Å². The second kappa shape index (κ2) is 5.38. The van der Waals surface area contributed by atoms with E-state index in [-0.39, 0.29) is 16.8 Å². The van der Waals surface area contributed by atoms with Gasteiger partial charge in [0.05, 0.1) is 0 Å². The smallest absolute Gasteiger partial charge is 0.274 e. The molecule has 92 valence electrons. The first kappa shape index (κ1) is 12.9. The molecule has 18 heavy (non-hydrogen) atoms. The molecule has 0 saturated heterocycles. The molecule has 0 spiro atoms. The van der Waals surface area contributed by atoms with Crippen LogP contribution in [-0.2, 0) is 0 Å². The van der Waals surface area contributed by atoms with Gasteiger partial charge in [-0.3, -0.25) is 4.79 Å². The van der Waals surface area contributed by atoms with Gasteiger partial charge in [0.2, 0.25) is 0 Å². The molecule has 0 saturated carbocycles. The predicted octanol–water partition coefficient (Wildman–Crippen LogP) is 3.95. The maximum atomic E-state index is 12.0. The summed E-state index contributed by atoms with van der Waals surface area (Å²) in [5, 5.41) is 3.64. The molecule has 3 nitrogen and oxygen atoms in total. The lowest BCUT2D eigenvalue weighted by Gasteiger charge is -2.09. The van der Waals surface area contributed by atoms with Gasteiger partial charge in [-0.1, -0.05) is 35.3 Å². The molecule has 1 N–H and O–H groups in total. The largest absolute Gasteiger partial charge is 0.320 e. The van der Waals surface area contributed by atoms with Gasteiger partial charge in [-0.15, -0.1) is 0 Å². The molecule has 1 aromatic heterocycles. The van der Waals surface area contributed by atoms with Crippen molar-refractivity contribution in [3.63, 3.8) is 0 Å². The fourth-order valence-corrected chi connectivity index (χ4v) is 1.80. The van der Waals surface area contributed by atoms with Gasteiger partial charge < -0.3 is 5.32 Å². The standard InChI is InChI=1S/C13H10Cl2N2O/c1-8-9(14)4-2-5-10(8)17-13(18)11-6-3-7-12(15)16-11/h2-7H,1H3,(H,17,18). The summed E-state index contributed by atoms with van der Waals surface area (Å²) < 4.78 is 0. The second-order valence-corrected chi connectivity index (χ2v) is 4.51. The SMILES string of the molecule is Cc1c(Cl)cccc1NC(=O)c1cccc(Cl)n1. The van der Waals surface area contributed by atoms with Crippen molar-refractivity contribution >= 4 is 34.8 Å². The minimum atomic E-state index is -0.317. The normalized spacial score (nSPS) is 10.2. The maximum Gasteiger partial charge on any atom is 0.274 e. The van der Waals surface area contributed by atoms with Crippen LogP contribution in [0.4, 0.5) is 5.69 Å². The fourth-order valence-electron chi connectivity index (χ4n) is 1.46. The number of nitrogens with zero attached hydrogens (tertiary/aromatic N) is 1. The first-order chi connectivity index (χ1) is 8.58. The van der Waals surface area contributed by atoms with Crippen LogP contribution in [-0.4, -0.2) is 10.9 Å². The summed E-state index contributed by atoms with van der Waals surface area (Å²) in [5.41, 5.74) is 1.74. The van der Waals surface area contributed by atoms with Crippen molar-refractivity contribution < 1.29 is 4.79 Å². The second-order valence-electron chi connectivity index (χ2n) is 3.71. The van der Waals surface area contributed by atoms with Crippen molar-refractivity contribution in [2.45, 2.75) is 6.92 Å². The first-order valence-corrected chi connectivity index (χ1v) is 6.02. The third-order valence-corrected chi connectivity index (χ3v) is 3.08. The molecule has 2 rings (SSSR count). The van der Waals surface area contributed by atoms with Crippen molar-refractivity contribution in [3.05, 3.63) is 57.8 Å². The Kier molecular flexibility index (Phi) is 3.84. The van der Waals surface area contributed by atoms with Crippen LogP contribution in [0.3, 0.4) is 0 Å². The van der Waals surface area contributed by atoms with Gasteiger partial charge in [-0.2, -0.15) is 0 Å². The summed E-state index contributed by atoms with van der Waals surface area (Å²) >= 11 is 11.7. The summed E-state index contributed by atoms with van der Waals surface area (Å²) in [6, 6.07) is 10.2. The van der Waals surface area contributed by atoms with Crippen molar-refractivity contribution in [2.24, 2.45) is 0 Å². The Bertz CT molecular complexity index is 599. The zero-order chi connectivity index (χ0) is 13.1. The molecule has 0 aliphatic carbocycles. The lowest BCUT2D eigenvalue weighted by molar-refractivity contribution is 0.102. The molecule has 1 amide bonds. The number of amides is 1. The molecule has 0 radical (unpaired) electrons. The minimum absolute atomic E-state index is 0.266. The van der Waals surface area contributed by atoms with Crippen LogP contribution in [0, 0.1) is 6.92 Å². The van der Waals surface area contributed by atoms with Crippen molar-refractivity contribution in [3.8, 4) is 0 Å². The summed E-state index contributed by atoms with van der Waals surface area (Å²) in [7, 11) is 0. The topological polar surface area (TPSA) is 42.0 Å². The molecule has 2 aromatic rings. The van der Waals surface area contributed by atoms with E-state index in [9.17, 15) is 4.79 Å². The molecule has 0 aliphatic heterocycles. The highest BCUT2D eigenvalue weighted by molar-refractivity contribution is 6.32. The monoisotopic (exact) mass is 280 g/mol. The number of aromatic nitrogens is 1.